The van der Waals surface area contributed by atoms with Crippen LogP contribution in [0.2, 0.25) is 0 Å². The maximum absolute atomic E-state index is 12.8. The van der Waals surface area contributed by atoms with Gasteiger partial charge in [-0.2, -0.15) is 0 Å². The minimum Gasteiger partial charge on any atom is -0.493 e. The number of amides is 3. The molecular formula is C27H24N2O5S. The number of hydrogen-bond acceptors (Lipinski definition) is 6. The molecule has 0 saturated carbocycles. The monoisotopic (exact) mass is 488 g/mol. The molecule has 1 heterocycles. The molecule has 0 radical (unpaired) electrons. The van der Waals surface area contributed by atoms with Gasteiger partial charge in [0.15, 0.2) is 18.1 Å². The molecule has 1 saturated heterocycles. The second-order valence-corrected chi connectivity index (χ2v) is 8.68. The average molecular weight is 489 g/mol. The van der Waals surface area contributed by atoms with Gasteiger partial charge < -0.3 is 14.8 Å². The summed E-state index contributed by atoms with van der Waals surface area (Å²) >= 11 is 0.918. The molecule has 0 unspecified atom stereocenters. The number of thioether (sulfide) groups is 1. The van der Waals surface area contributed by atoms with E-state index in [2.05, 4.69) is 5.32 Å². The number of nitrogens with zero attached hydrogens (tertiary/aromatic N) is 1. The molecule has 7 nitrogen and oxygen atoms in total. The molecule has 8 heteroatoms. The van der Waals surface area contributed by atoms with Crippen molar-refractivity contribution in [2.45, 2.75) is 6.42 Å². The summed E-state index contributed by atoms with van der Waals surface area (Å²) in [4.78, 5) is 39.0. The Hall–Kier alpha value is -4.04. The highest BCUT2D eigenvalue weighted by atomic mass is 32.2. The molecule has 3 aromatic rings. The Morgan fingerprint density at radius 3 is 2.40 bits per heavy atom. The normalized spacial score (nSPS) is 14.3. The summed E-state index contributed by atoms with van der Waals surface area (Å²) in [5.41, 5.74) is 2.42. The minimum absolute atomic E-state index is 0.190. The summed E-state index contributed by atoms with van der Waals surface area (Å²) in [6, 6.07) is 23.9. The van der Waals surface area contributed by atoms with Crippen LogP contribution in [0.25, 0.3) is 6.08 Å². The largest absolute Gasteiger partial charge is 0.493 e. The molecule has 1 fully saturated rings. The molecule has 1 aliphatic heterocycles. The molecule has 3 amide bonds. The summed E-state index contributed by atoms with van der Waals surface area (Å²) in [5.74, 6) is 0.192. The zero-order valence-electron chi connectivity index (χ0n) is 19.1. The minimum atomic E-state index is -0.312. The van der Waals surface area contributed by atoms with E-state index in [0.717, 1.165) is 17.3 Å². The van der Waals surface area contributed by atoms with Gasteiger partial charge in [0.1, 0.15) is 0 Å². The molecule has 3 aromatic carbocycles. The van der Waals surface area contributed by atoms with Gasteiger partial charge >= 0.3 is 0 Å². The van der Waals surface area contributed by atoms with Crippen LogP contribution in [0.3, 0.4) is 0 Å². The lowest BCUT2D eigenvalue weighted by Crippen LogP contribution is -2.30. The van der Waals surface area contributed by atoms with Crippen LogP contribution in [0.4, 0.5) is 10.5 Å². The highest BCUT2D eigenvalue weighted by Gasteiger charge is 2.34. The van der Waals surface area contributed by atoms with E-state index in [1.165, 1.54) is 12.0 Å². The number of rotatable bonds is 9. The number of methoxy groups -OCH3 is 1. The van der Waals surface area contributed by atoms with Crippen molar-refractivity contribution < 1.29 is 23.9 Å². The molecule has 0 aliphatic carbocycles. The van der Waals surface area contributed by atoms with Gasteiger partial charge in [-0.1, -0.05) is 54.6 Å². The average Bonchev–Trinajstić information content (AvgIpc) is 3.14. The van der Waals surface area contributed by atoms with Gasteiger partial charge in [-0.15, -0.1) is 0 Å². The van der Waals surface area contributed by atoms with Crippen molar-refractivity contribution >= 4 is 40.6 Å². The van der Waals surface area contributed by atoms with Crippen molar-refractivity contribution in [3.8, 4) is 11.5 Å². The summed E-state index contributed by atoms with van der Waals surface area (Å²) in [5, 5.41) is 2.47. The quantitative estimate of drug-likeness (QED) is 0.427. The fraction of sp³-hybridized carbons (Fsp3) is 0.148. The molecule has 35 heavy (non-hydrogen) atoms. The topological polar surface area (TPSA) is 84.9 Å². The number of hydrogen-bond donors (Lipinski definition) is 1. The van der Waals surface area contributed by atoms with E-state index in [4.69, 9.17) is 9.47 Å². The summed E-state index contributed by atoms with van der Waals surface area (Å²) in [6.45, 7) is 0.137. The van der Waals surface area contributed by atoms with E-state index in [9.17, 15) is 14.4 Å². The van der Waals surface area contributed by atoms with Crippen LogP contribution in [0.15, 0.2) is 83.8 Å². The first-order valence-electron chi connectivity index (χ1n) is 11.0. The molecule has 1 aliphatic rings. The van der Waals surface area contributed by atoms with Gasteiger partial charge in [0.25, 0.3) is 17.1 Å². The van der Waals surface area contributed by atoms with Crippen LogP contribution < -0.4 is 14.8 Å². The van der Waals surface area contributed by atoms with Crippen LogP contribution in [0.1, 0.15) is 11.1 Å². The fourth-order valence-corrected chi connectivity index (χ4v) is 4.35. The number of imide groups is 1. The van der Waals surface area contributed by atoms with E-state index >= 15 is 0 Å². The molecule has 0 bridgehead atoms. The summed E-state index contributed by atoms with van der Waals surface area (Å²) in [6.07, 6.45) is 2.26. The Kier molecular flexibility index (Phi) is 7.84. The number of carbonyl (C=O) groups excluding carboxylic acids is 3. The van der Waals surface area contributed by atoms with Gasteiger partial charge in [0.2, 0.25) is 0 Å². The summed E-state index contributed by atoms with van der Waals surface area (Å²) in [7, 11) is 1.49. The lowest BCUT2D eigenvalue weighted by atomic mass is 10.1. The lowest BCUT2D eigenvalue weighted by Gasteiger charge is -2.12. The van der Waals surface area contributed by atoms with E-state index in [-0.39, 0.29) is 23.7 Å². The first-order valence-corrected chi connectivity index (χ1v) is 11.8. The standard InChI is InChI=1S/C27H24N2O5S/c1-33-23-16-20(12-13-22(23)34-18-25(30)28-21-10-6-3-7-11-21)17-24-26(31)29(27(32)35-24)15-14-19-8-4-2-5-9-19/h2-13,16-17H,14-15,18H2,1H3,(H,28,30)/b24-17-. The van der Waals surface area contributed by atoms with Gasteiger partial charge in [0.05, 0.1) is 12.0 Å². The van der Waals surface area contributed by atoms with Crippen molar-refractivity contribution in [2.24, 2.45) is 0 Å². The van der Waals surface area contributed by atoms with Crippen LogP contribution >= 0.6 is 11.8 Å². The highest BCUT2D eigenvalue weighted by Crippen LogP contribution is 2.34. The number of anilines is 1. The van der Waals surface area contributed by atoms with Gasteiger partial charge in [-0.3, -0.25) is 19.3 Å². The Labute approximate surface area is 207 Å². The predicted octanol–water partition coefficient (Wildman–Crippen LogP) is 4.99. The third-order valence-corrected chi connectivity index (χ3v) is 6.15. The number of nitrogens with one attached hydrogen (secondary N) is 1. The second-order valence-electron chi connectivity index (χ2n) is 7.68. The predicted molar refractivity (Wildman–Crippen MR) is 136 cm³/mol. The smallest absolute Gasteiger partial charge is 0.293 e. The van der Waals surface area contributed by atoms with Crippen molar-refractivity contribution in [3.05, 3.63) is 94.9 Å². The molecule has 178 valence electrons. The Balaban J connectivity index is 1.39. The number of carbonyl (C=O) groups is 3. The zero-order valence-corrected chi connectivity index (χ0v) is 19.9. The first kappa shape index (κ1) is 24.1. The highest BCUT2D eigenvalue weighted by molar-refractivity contribution is 8.18. The van der Waals surface area contributed by atoms with Crippen LogP contribution in [-0.2, 0) is 16.0 Å². The van der Waals surface area contributed by atoms with Crippen LogP contribution in [0, 0.1) is 0 Å². The fourth-order valence-electron chi connectivity index (χ4n) is 3.48. The van der Waals surface area contributed by atoms with Crippen molar-refractivity contribution in [2.75, 3.05) is 25.6 Å². The van der Waals surface area contributed by atoms with E-state index in [1.54, 1.807) is 36.4 Å². The lowest BCUT2D eigenvalue weighted by molar-refractivity contribution is -0.122. The van der Waals surface area contributed by atoms with Crippen molar-refractivity contribution in [3.63, 3.8) is 0 Å². The zero-order chi connectivity index (χ0) is 24.6. The number of benzene rings is 3. The Morgan fingerprint density at radius 2 is 1.69 bits per heavy atom. The first-order chi connectivity index (χ1) is 17.0. The third kappa shape index (κ3) is 6.30. The molecule has 0 aromatic heterocycles. The maximum Gasteiger partial charge on any atom is 0.293 e. The van der Waals surface area contributed by atoms with Crippen LogP contribution in [-0.4, -0.2) is 42.2 Å². The molecule has 4 rings (SSSR count). The van der Waals surface area contributed by atoms with E-state index in [0.29, 0.717) is 40.6 Å². The summed E-state index contributed by atoms with van der Waals surface area (Å²) < 4.78 is 11.0. The van der Waals surface area contributed by atoms with E-state index < -0.39 is 0 Å². The maximum atomic E-state index is 12.8. The molecule has 0 atom stereocenters. The van der Waals surface area contributed by atoms with Gasteiger partial charge in [-0.25, -0.2) is 0 Å². The molecule has 0 spiro atoms. The van der Waals surface area contributed by atoms with Crippen molar-refractivity contribution in [1.29, 1.82) is 0 Å². The van der Waals surface area contributed by atoms with E-state index in [1.807, 2.05) is 48.5 Å². The number of para-hydroxylation sites is 1. The SMILES string of the molecule is COc1cc(/C=C2\SC(=O)N(CCc3ccccc3)C2=O)ccc1OCC(=O)Nc1ccccc1. The van der Waals surface area contributed by atoms with Gasteiger partial charge in [0, 0.05) is 12.2 Å². The Bertz CT molecular complexity index is 1240. The Morgan fingerprint density at radius 1 is 0.971 bits per heavy atom. The van der Waals surface area contributed by atoms with Crippen LogP contribution in [0.5, 0.6) is 11.5 Å². The van der Waals surface area contributed by atoms with Crippen molar-refractivity contribution in [1.82, 2.24) is 4.90 Å². The molecular weight excluding hydrogens is 464 g/mol. The number of ether oxygens (including phenoxy) is 2. The second kappa shape index (κ2) is 11.4. The molecule has 1 N–H and O–H groups in total. The van der Waals surface area contributed by atoms with Gasteiger partial charge in [-0.05, 0) is 59.7 Å². The third-order valence-electron chi connectivity index (χ3n) is 5.24.